The van der Waals surface area contributed by atoms with Crippen molar-refractivity contribution in [2.24, 2.45) is 5.41 Å². The zero-order valence-electron chi connectivity index (χ0n) is 9.21. The van der Waals surface area contributed by atoms with Gasteiger partial charge in [-0.2, -0.15) is 0 Å². The minimum atomic E-state index is -1.11. The molecule has 0 aliphatic carbocycles. The Kier molecular flexibility index (Phi) is 3.54. The summed E-state index contributed by atoms with van der Waals surface area (Å²) in [4.78, 5) is 22.0. The van der Waals surface area contributed by atoms with Crippen molar-refractivity contribution in [2.75, 3.05) is 20.7 Å². The molecule has 0 aromatic rings. The van der Waals surface area contributed by atoms with Crippen molar-refractivity contribution < 1.29 is 20.4 Å². The van der Waals surface area contributed by atoms with Crippen LogP contribution >= 0.6 is 0 Å². The normalized spacial score (nSPS) is 14.0. The Balaban J connectivity index is 4.42. The lowest BCUT2D eigenvalue weighted by Crippen LogP contribution is -2.39. The van der Waals surface area contributed by atoms with Gasteiger partial charge in [0.25, 0.3) is 0 Å². The average molecular weight is 190 g/mol. The lowest BCUT2D eigenvalue weighted by Gasteiger charge is -2.20. The van der Waals surface area contributed by atoms with Gasteiger partial charge in [0.2, 0.25) is 0 Å². The van der Waals surface area contributed by atoms with Crippen molar-refractivity contribution in [3.63, 3.8) is 0 Å². The van der Waals surface area contributed by atoms with Gasteiger partial charge in [0, 0.05) is 6.52 Å². The van der Waals surface area contributed by atoms with E-state index < -0.39 is 24.0 Å². The summed E-state index contributed by atoms with van der Waals surface area (Å²) in [6.45, 7) is 1.90. The van der Waals surface area contributed by atoms with Gasteiger partial charge in [-0.3, -0.25) is 4.79 Å². The second-order valence-corrected chi connectivity index (χ2v) is 2.99. The number of carbonyl (C=O) groups is 2. The second kappa shape index (κ2) is 4.69. The summed E-state index contributed by atoms with van der Waals surface area (Å²) >= 11 is 0. The van der Waals surface area contributed by atoms with E-state index in [1.165, 1.54) is 28.1 Å². The van der Waals surface area contributed by atoms with E-state index >= 15 is 0 Å². The van der Waals surface area contributed by atoms with Crippen LogP contribution in [-0.2, 0) is 14.3 Å². The Labute approximate surface area is 78.8 Å². The fourth-order valence-corrected chi connectivity index (χ4v) is 0.620. The highest BCUT2D eigenvalue weighted by molar-refractivity contribution is 5.77. The second-order valence-electron chi connectivity index (χ2n) is 2.99. The molecule has 13 heavy (non-hydrogen) atoms. The monoisotopic (exact) mass is 190 g/mol. The first-order valence-corrected chi connectivity index (χ1v) is 3.71. The molecule has 0 aromatic carbocycles. The van der Waals surface area contributed by atoms with Crippen LogP contribution in [-0.4, -0.2) is 32.8 Å². The van der Waals surface area contributed by atoms with Crippen LogP contribution in [0.1, 0.15) is 15.2 Å². The maximum atomic E-state index is 11.2. The van der Waals surface area contributed by atoms with Crippen molar-refractivity contribution in [2.45, 2.75) is 13.8 Å². The standard InChI is InChI=1S/C8H15NO4/c1-8(2,6(10)12-3)5-9-7(11)13-4/h5H2,1-4H3,(H,9,11)/i5D. The average Bonchev–Trinajstić information content (AvgIpc) is 2.15. The SMILES string of the molecule is [2H]C(NC(=O)OC)C(C)(C)C(=O)OC. The minimum absolute atomic E-state index is 0.561. The molecule has 1 N–H and O–H groups in total. The van der Waals surface area contributed by atoms with Crippen LogP contribution in [0.4, 0.5) is 4.79 Å². The summed E-state index contributed by atoms with van der Waals surface area (Å²) in [6.07, 6.45) is -0.748. The van der Waals surface area contributed by atoms with Crippen LogP contribution in [0.3, 0.4) is 0 Å². The lowest BCUT2D eigenvalue weighted by molar-refractivity contribution is -0.150. The molecule has 0 fully saturated rings. The molecule has 5 nitrogen and oxygen atoms in total. The Bertz CT molecular complexity index is 229. The van der Waals surface area contributed by atoms with Gasteiger partial charge in [-0.05, 0) is 13.8 Å². The van der Waals surface area contributed by atoms with E-state index in [9.17, 15) is 9.59 Å². The van der Waals surface area contributed by atoms with E-state index in [0.29, 0.717) is 0 Å². The largest absolute Gasteiger partial charge is 0.469 e. The van der Waals surface area contributed by atoms with Gasteiger partial charge in [-0.15, -0.1) is 0 Å². The number of ether oxygens (including phenoxy) is 2. The Morgan fingerprint density at radius 3 is 2.31 bits per heavy atom. The highest BCUT2D eigenvalue weighted by Crippen LogP contribution is 2.15. The van der Waals surface area contributed by atoms with E-state index in [4.69, 9.17) is 1.37 Å². The molecule has 0 saturated carbocycles. The highest BCUT2D eigenvalue weighted by Gasteiger charge is 2.29. The molecule has 0 aromatic heterocycles. The van der Waals surface area contributed by atoms with Gasteiger partial charge >= 0.3 is 12.1 Å². The molecule has 0 radical (unpaired) electrons. The van der Waals surface area contributed by atoms with Crippen molar-refractivity contribution in [1.29, 1.82) is 0 Å². The molecule has 0 bridgehead atoms. The molecular weight excluding hydrogens is 174 g/mol. The third-order valence-corrected chi connectivity index (χ3v) is 1.45. The number of amides is 1. The molecule has 0 saturated heterocycles. The third-order valence-electron chi connectivity index (χ3n) is 1.45. The first-order valence-electron chi connectivity index (χ1n) is 4.29. The first kappa shape index (κ1) is 9.83. The van der Waals surface area contributed by atoms with Gasteiger partial charge < -0.3 is 14.8 Å². The molecule has 0 heterocycles. The summed E-state index contributed by atoms with van der Waals surface area (Å²) < 4.78 is 16.3. The number of hydrogen-bond acceptors (Lipinski definition) is 4. The third kappa shape index (κ3) is 3.78. The Hall–Kier alpha value is -1.26. The molecule has 5 heteroatoms. The molecule has 0 aliphatic heterocycles. The van der Waals surface area contributed by atoms with E-state index in [-0.39, 0.29) is 0 Å². The van der Waals surface area contributed by atoms with Crippen molar-refractivity contribution in [1.82, 2.24) is 5.32 Å². The topological polar surface area (TPSA) is 64.6 Å². The van der Waals surface area contributed by atoms with E-state index in [1.54, 1.807) is 0 Å². The van der Waals surface area contributed by atoms with E-state index in [0.717, 1.165) is 0 Å². The highest BCUT2D eigenvalue weighted by atomic mass is 16.5. The summed E-state index contributed by atoms with van der Waals surface area (Å²) in [5.41, 5.74) is -1.11. The minimum Gasteiger partial charge on any atom is -0.469 e. The van der Waals surface area contributed by atoms with Gasteiger partial charge in [-0.1, -0.05) is 0 Å². The molecular formula is C8H15NO4. The molecule has 1 amide bonds. The predicted octanol–water partition coefficient (Wildman–Crippen LogP) is 0.542. The number of esters is 1. The number of methoxy groups -OCH3 is 2. The number of alkyl carbamates (subject to hydrolysis) is 1. The Morgan fingerprint density at radius 1 is 1.38 bits per heavy atom. The van der Waals surface area contributed by atoms with Crippen molar-refractivity contribution in [3.8, 4) is 0 Å². The molecule has 1 atom stereocenters. The number of rotatable bonds is 3. The molecule has 76 valence electrons. The van der Waals surface area contributed by atoms with Gasteiger partial charge in [0.1, 0.15) is 0 Å². The van der Waals surface area contributed by atoms with Crippen molar-refractivity contribution >= 4 is 12.1 Å². The summed E-state index contributed by atoms with van der Waals surface area (Å²) in [6, 6.07) is 0. The number of nitrogens with one attached hydrogen (secondary N) is 1. The van der Waals surface area contributed by atoms with Crippen LogP contribution in [0.25, 0.3) is 0 Å². The van der Waals surface area contributed by atoms with E-state index in [2.05, 4.69) is 14.8 Å². The maximum Gasteiger partial charge on any atom is 0.406 e. The van der Waals surface area contributed by atoms with Crippen molar-refractivity contribution in [3.05, 3.63) is 0 Å². The molecule has 1 unspecified atom stereocenters. The molecule has 0 aliphatic rings. The summed E-state index contributed by atoms with van der Waals surface area (Å²) in [7, 11) is 2.42. The zero-order valence-corrected chi connectivity index (χ0v) is 8.21. The summed E-state index contributed by atoms with van der Waals surface area (Å²) in [5.74, 6) is -0.561. The van der Waals surface area contributed by atoms with Crippen LogP contribution in [0.2, 0.25) is 0 Å². The van der Waals surface area contributed by atoms with E-state index in [1.807, 2.05) is 0 Å². The number of carbonyl (C=O) groups excluding carboxylic acids is 2. The van der Waals surface area contributed by atoms with Gasteiger partial charge in [-0.25, -0.2) is 4.79 Å². The zero-order chi connectivity index (χ0) is 11.4. The smallest absolute Gasteiger partial charge is 0.406 e. The first-order chi connectivity index (χ1) is 6.36. The van der Waals surface area contributed by atoms with Crippen LogP contribution in [0.5, 0.6) is 0 Å². The molecule has 0 spiro atoms. The maximum absolute atomic E-state index is 11.2. The van der Waals surface area contributed by atoms with Crippen LogP contribution in [0.15, 0.2) is 0 Å². The van der Waals surface area contributed by atoms with Crippen LogP contribution < -0.4 is 5.32 Å². The number of hydrogen-bond donors (Lipinski definition) is 1. The molecule has 0 rings (SSSR count). The summed E-state index contributed by atoms with van der Waals surface area (Å²) in [5, 5.41) is 2.19. The van der Waals surface area contributed by atoms with Gasteiger partial charge in [0.15, 0.2) is 0 Å². The quantitative estimate of drug-likeness (QED) is 0.660. The fourth-order valence-electron chi connectivity index (χ4n) is 0.620. The fraction of sp³-hybridized carbons (Fsp3) is 0.750. The van der Waals surface area contributed by atoms with Gasteiger partial charge in [0.05, 0.1) is 21.0 Å². The predicted molar refractivity (Wildman–Crippen MR) is 46.2 cm³/mol. The van der Waals surface area contributed by atoms with Crippen LogP contribution in [0, 0.1) is 5.41 Å². The lowest BCUT2D eigenvalue weighted by atomic mass is 9.94. The Morgan fingerprint density at radius 2 is 1.92 bits per heavy atom.